The summed E-state index contributed by atoms with van der Waals surface area (Å²) < 4.78 is 2.70. The number of rotatable bonds is 4. The maximum Gasteiger partial charge on any atom is 0.268 e. The molecule has 1 unspecified atom stereocenters. The molecule has 0 bridgehead atoms. The smallest absolute Gasteiger partial charge is 0.268 e. The van der Waals surface area contributed by atoms with Crippen molar-refractivity contribution in [2.24, 2.45) is 13.0 Å². The Balaban J connectivity index is 2.22. The predicted octanol–water partition coefficient (Wildman–Crippen LogP) is 4.57. The van der Waals surface area contributed by atoms with Gasteiger partial charge in [-0.3, -0.25) is 4.79 Å². The molecule has 1 heterocycles. The van der Waals surface area contributed by atoms with Crippen molar-refractivity contribution in [1.82, 2.24) is 9.88 Å². The van der Waals surface area contributed by atoms with Gasteiger partial charge in [-0.25, -0.2) is 0 Å². The molecule has 5 heteroatoms. The van der Waals surface area contributed by atoms with Crippen LogP contribution >= 0.6 is 27.5 Å². The molecule has 1 atom stereocenters. The summed E-state index contributed by atoms with van der Waals surface area (Å²) >= 11 is 9.31. The lowest BCUT2D eigenvalue weighted by Crippen LogP contribution is -2.32. The summed E-state index contributed by atoms with van der Waals surface area (Å²) in [5, 5.41) is 3.79. The molecule has 0 radical (unpaired) electrons. The molecule has 2 aromatic rings. The third-order valence-corrected chi connectivity index (χ3v) is 4.07. The Bertz CT molecular complexity index is 634. The van der Waals surface area contributed by atoms with E-state index >= 15 is 0 Å². The number of benzene rings is 1. The van der Waals surface area contributed by atoms with E-state index in [0.29, 0.717) is 10.7 Å². The average Bonchev–Trinajstić information content (AvgIpc) is 2.76. The molecule has 21 heavy (non-hydrogen) atoms. The Morgan fingerprint density at radius 3 is 2.38 bits per heavy atom. The predicted molar refractivity (Wildman–Crippen MR) is 89.6 cm³/mol. The van der Waals surface area contributed by atoms with Gasteiger partial charge in [0.1, 0.15) is 5.69 Å². The second-order valence-corrected chi connectivity index (χ2v) is 6.75. The number of amides is 1. The normalized spacial score (nSPS) is 12.5. The van der Waals surface area contributed by atoms with Crippen molar-refractivity contribution < 1.29 is 4.79 Å². The number of carbonyl (C=O) groups excluding carboxylic acids is 1. The van der Waals surface area contributed by atoms with E-state index in [9.17, 15) is 4.79 Å². The highest BCUT2D eigenvalue weighted by atomic mass is 79.9. The Labute approximate surface area is 138 Å². The molecule has 112 valence electrons. The highest BCUT2D eigenvalue weighted by Gasteiger charge is 2.20. The molecule has 0 spiro atoms. The molecule has 2 rings (SSSR count). The molecule has 0 fully saturated rings. The minimum Gasteiger partial charge on any atom is -0.345 e. The Hall–Kier alpha value is -1.26. The van der Waals surface area contributed by atoms with Crippen LogP contribution in [0.5, 0.6) is 0 Å². The van der Waals surface area contributed by atoms with Gasteiger partial charge < -0.3 is 9.88 Å². The van der Waals surface area contributed by atoms with Crippen LogP contribution in [0.4, 0.5) is 0 Å². The molecular weight excluding hydrogens is 352 g/mol. The highest BCUT2D eigenvalue weighted by molar-refractivity contribution is 9.10. The lowest BCUT2D eigenvalue weighted by molar-refractivity contribution is 0.0917. The molecule has 1 amide bonds. The highest BCUT2D eigenvalue weighted by Crippen LogP contribution is 2.24. The van der Waals surface area contributed by atoms with Crippen LogP contribution in [0.25, 0.3) is 0 Å². The molecule has 0 saturated heterocycles. The fourth-order valence-corrected chi connectivity index (χ4v) is 2.92. The maximum absolute atomic E-state index is 12.5. The molecule has 0 aliphatic rings. The van der Waals surface area contributed by atoms with E-state index in [1.165, 1.54) is 0 Å². The zero-order valence-corrected chi connectivity index (χ0v) is 14.6. The van der Waals surface area contributed by atoms with Gasteiger partial charge in [0.25, 0.3) is 5.91 Å². The monoisotopic (exact) mass is 368 g/mol. The summed E-state index contributed by atoms with van der Waals surface area (Å²) in [4.78, 5) is 12.5. The van der Waals surface area contributed by atoms with E-state index in [-0.39, 0.29) is 17.9 Å². The summed E-state index contributed by atoms with van der Waals surface area (Å²) in [5.74, 6) is 0.190. The van der Waals surface area contributed by atoms with Gasteiger partial charge in [-0.05, 0) is 45.6 Å². The molecule has 1 N–H and O–H groups in total. The van der Waals surface area contributed by atoms with Crippen LogP contribution in [0.15, 0.2) is 41.0 Å². The lowest BCUT2D eigenvalue weighted by atomic mass is 9.96. The van der Waals surface area contributed by atoms with Gasteiger partial charge in [0.15, 0.2) is 0 Å². The SMILES string of the molecule is CC(C)C(NC(=O)c1cc(Br)cn1C)c1ccc(Cl)cc1. The molecule has 0 aliphatic heterocycles. The molecule has 1 aromatic heterocycles. The molecule has 0 aliphatic carbocycles. The van der Waals surface area contributed by atoms with E-state index < -0.39 is 0 Å². The fourth-order valence-electron chi connectivity index (χ4n) is 2.27. The molecular formula is C16H18BrClN2O. The first-order valence-electron chi connectivity index (χ1n) is 6.76. The van der Waals surface area contributed by atoms with Crippen LogP contribution in [0.2, 0.25) is 5.02 Å². The van der Waals surface area contributed by atoms with E-state index in [1.807, 2.05) is 43.6 Å². The quantitative estimate of drug-likeness (QED) is 0.841. The van der Waals surface area contributed by atoms with Crippen LogP contribution in [0.3, 0.4) is 0 Å². The number of nitrogens with one attached hydrogen (secondary N) is 1. The van der Waals surface area contributed by atoms with Crippen LogP contribution in [-0.4, -0.2) is 10.5 Å². The van der Waals surface area contributed by atoms with Gasteiger partial charge in [-0.2, -0.15) is 0 Å². The van der Waals surface area contributed by atoms with Gasteiger partial charge in [-0.1, -0.05) is 37.6 Å². The first-order valence-corrected chi connectivity index (χ1v) is 7.93. The number of nitrogens with zero attached hydrogens (tertiary/aromatic N) is 1. The summed E-state index contributed by atoms with van der Waals surface area (Å²) in [6, 6.07) is 9.36. The third-order valence-electron chi connectivity index (χ3n) is 3.39. The molecule has 3 nitrogen and oxygen atoms in total. The van der Waals surface area contributed by atoms with Crippen molar-refractivity contribution in [3.63, 3.8) is 0 Å². The van der Waals surface area contributed by atoms with E-state index in [0.717, 1.165) is 10.0 Å². The number of aromatic nitrogens is 1. The number of hydrogen-bond donors (Lipinski definition) is 1. The van der Waals surface area contributed by atoms with E-state index in [1.54, 1.807) is 4.57 Å². The second-order valence-electron chi connectivity index (χ2n) is 5.40. The second kappa shape index (κ2) is 6.67. The van der Waals surface area contributed by atoms with Gasteiger partial charge >= 0.3 is 0 Å². The zero-order chi connectivity index (χ0) is 15.6. The van der Waals surface area contributed by atoms with Crippen molar-refractivity contribution >= 4 is 33.4 Å². The van der Waals surface area contributed by atoms with Crippen molar-refractivity contribution in [1.29, 1.82) is 0 Å². The minimum atomic E-state index is -0.0862. The molecule has 1 aromatic carbocycles. The van der Waals surface area contributed by atoms with Crippen molar-refractivity contribution in [3.8, 4) is 0 Å². The first kappa shape index (κ1) is 16.1. The topological polar surface area (TPSA) is 34.0 Å². The van der Waals surface area contributed by atoms with Gasteiger partial charge in [0.05, 0.1) is 6.04 Å². The number of halogens is 2. The van der Waals surface area contributed by atoms with Crippen molar-refractivity contribution in [2.75, 3.05) is 0 Å². The van der Waals surface area contributed by atoms with E-state index in [4.69, 9.17) is 11.6 Å². The average molecular weight is 370 g/mol. The number of aryl methyl sites for hydroxylation is 1. The van der Waals surface area contributed by atoms with Gasteiger partial charge in [0, 0.05) is 22.7 Å². The van der Waals surface area contributed by atoms with Crippen LogP contribution in [-0.2, 0) is 7.05 Å². The first-order chi connectivity index (χ1) is 9.88. The van der Waals surface area contributed by atoms with Crippen LogP contribution in [0.1, 0.15) is 35.9 Å². The van der Waals surface area contributed by atoms with Gasteiger partial charge in [0.2, 0.25) is 0 Å². The summed E-state index contributed by atoms with van der Waals surface area (Å²) in [7, 11) is 1.85. The van der Waals surface area contributed by atoms with Crippen molar-refractivity contribution in [3.05, 3.63) is 57.3 Å². The largest absolute Gasteiger partial charge is 0.345 e. The van der Waals surface area contributed by atoms with Crippen molar-refractivity contribution in [2.45, 2.75) is 19.9 Å². The summed E-state index contributed by atoms with van der Waals surface area (Å²) in [6.45, 7) is 4.17. The Morgan fingerprint density at radius 1 is 1.29 bits per heavy atom. The van der Waals surface area contributed by atoms with E-state index in [2.05, 4.69) is 35.1 Å². The van der Waals surface area contributed by atoms with Crippen LogP contribution in [0, 0.1) is 5.92 Å². The number of carbonyl (C=O) groups is 1. The third kappa shape index (κ3) is 3.89. The van der Waals surface area contributed by atoms with Gasteiger partial charge in [-0.15, -0.1) is 0 Å². The lowest BCUT2D eigenvalue weighted by Gasteiger charge is -2.23. The fraction of sp³-hybridized carbons (Fsp3) is 0.312. The Kier molecular flexibility index (Phi) is 5.12. The maximum atomic E-state index is 12.5. The van der Waals surface area contributed by atoms with Crippen LogP contribution < -0.4 is 5.32 Å². The zero-order valence-electron chi connectivity index (χ0n) is 12.2. The number of hydrogen-bond acceptors (Lipinski definition) is 1. The summed E-state index contributed by atoms with van der Waals surface area (Å²) in [6.07, 6.45) is 1.86. The standard InChI is InChI=1S/C16H18BrClN2O/c1-10(2)15(11-4-6-13(18)7-5-11)19-16(21)14-8-12(17)9-20(14)3/h4-10,15H,1-3H3,(H,19,21). The summed E-state index contributed by atoms with van der Waals surface area (Å²) in [5.41, 5.74) is 1.68. The minimum absolute atomic E-state index is 0.0524. The Morgan fingerprint density at radius 2 is 1.90 bits per heavy atom. The molecule has 0 saturated carbocycles.